The number of nitrogens with zero attached hydrogens (tertiary/aromatic N) is 1. The molecule has 0 atom stereocenters. The van der Waals surface area contributed by atoms with Crippen molar-refractivity contribution in [2.75, 3.05) is 6.79 Å². The Hall–Kier alpha value is -2.29. The first-order chi connectivity index (χ1) is 9.35. The van der Waals surface area contributed by atoms with E-state index >= 15 is 0 Å². The van der Waals surface area contributed by atoms with Crippen LogP contribution in [0.3, 0.4) is 0 Å². The minimum atomic E-state index is 0.303. The van der Waals surface area contributed by atoms with Crippen molar-refractivity contribution >= 4 is 21.7 Å². The van der Waals surface area contributed by atoms with Gasteiger partial charge in [0.1, 0.15) is 0 Å². The summed E-state index contributed by atoms with van der Waals surface area (Å²) in [6.07, 6.45) is 2.92. The Kier molecular flexibility index (Phi) is 2.15. The van der Waals surface area contributed by atoms with Crippen molar-refractivity contribution in [2.24, 2.45) is 0 Å². The third-order valence-electron chi connectivity index (χ3n) is 3.65. The number of pyridine rings is 1. The van der Waals surface area contributed by atoms with Gasteiger partial charge in [-0.15, -0.1) is 0 Å². The minimum absolute atomic E-state index is 0.303. The smallest absolute Gasteiger partial charge is 0.231 e. The van der Waals surface area contributed by atoms with E-state index in [-0.39, 0.29) is 0 Å². The molecule has 0 bridgehead atoms. The lowest BCUT2D eigenvalue weighted by atomic mass is 10.0. The summed E-state index contributed by atoms with van der Waals surface area (Å²) in [6, 6.07) is 10.5. The maximum Gasteiger partial charge on any atom is 0.231 e. The molecular weight excluding hydrogens is 238 g/mol. The van der Waals surface area contributed by atoms with E-state index < -0.39 is 0 Å². The molecule has 3 nitrogen and oxygen atoms in total. The molecule has 0 saturated carbocycles. The molecule has 0 N–H and O–H groups in total. The molecule has 1 aliphatic heterocycles. The number of rotatable bonds is 1. The first-order valence-corrected chi connectivity index (χ1v) is 6.46. The van der Waals surface area contributed by atoms with Crippen LogP contribution in [0.15, 0.2) is 36.5 Å². The number of hydrogen-bond donors (Lipinski definition) is 0. The highest BCUT2D eigenvalue weighted by molar-refractivity contribution is 6.06. The molecule has 1 aromatic heterocycles. The summed E-state index contributed by atoms with van der Waals surface area (Å²) in [5.74, 6) is 1.63. The molecule has 94 valence electrons. The van der Waals surface area contributed by atoms with Crippen LogP contribution in [0, 0.1) is 0 Å². The fraction of sp³-hybridized carbons (Fsp3) is 0.188. The molecule has 0 spiro atoms. The fourth-order valence-electron chi connectivity index (χ4n) is 2.57. The van der Waals surface area contributed by atoms with E-state index in [2.05, 4.69) is 36.2 Å². The summed E-state index contributed by atoms with van der Waals surface area (Å²) in [7, 11) is 0. The van der Waals surface area contributed by atoms with Gasteiger partial charge in [-0.05, 0) is 41.6 Å². The highest BCUT2D eigenvalue weighted by atomic mass is 16.7. The van der Waals surface area contributed by atoms with Crippen LogP contribution < -0.4 is 9.47 Å². The van der Waals surface area contributed by atoms with Crippen molar-refractivity contribution in [3.8, 4) is 11.5 Å². The van der Waals surface area contributed by atoms with Crippen LogP contribution in [0.25, 0.3) is 21.7 Å². The van der Waals surface area contributed by atoms with Gasteiger partial charge in [-0.25, -0.2) is 0 Å². The van der Waals surface area contributed by atoms with Crippen LogP contribution in [0.4, 0.5) is 0 Å². The van der Waals surface area contributed by atoms with Crippen molar-refractivity contribution in [1.29, 1.82) is 0 Å². The van der Waals surface area contributed by atoms with E-state index in [0.29, 0.717) is 6.79 Å². The summed E-state index contributed by atoms with van der Waals surface area (Å²) in [5.41, 5.74) is 2.34. The van der Waals surface area contributed by atoms with Gasteiger partial charge in [0, 0.05) is 17.0 Å². The van der Waals surface area contributed by atoms with E-state index in [1.165, 1.54) is 16.3 Å². The molecule has 3 aromatic rings. The third-order valence-corrected chi connectivity index (χ3v) is 3.65. The highest BCUT2D eigenvalue weighted by Gasteiger charge is 2.15. The maximum atomic E-state index is 5.47. The molecular formula is C16H13NO2. The SMILES string of the molecule is CCc1ccc2ncc3cc4c(cc3c2c1)OCO4. The number of ether oxygens (including phenoxy) is 2. The second-order valence-corrected chi connectivity index (χ2v) is 4.76. The summed E-state index contributed by atoms with van der Waals surface area (Å²) >= 11 is 0. The number of fused-ring (bicyclic) bond motifs is 4. The Labute approximate surface area is 110 Å². The second-order valence-electron chi connectivity index (χ2n) is 4.76. The molecule has 0 aliphatic carbocycles. The monoisotopic (exact) mass is 251 g/mol. The Morgan fingerprint density at radius 2 is 1.89 bits per heavy atom. The van der Waals surface area contributed by atoms with Crippen LogP contribution >= 0.6 is 0 Å². The fourth-order valence-corrected chi connectivity index (χ4v) is 2.57. The molecule has 0 saturated heterocycles. The molecule has 0 unspecified atom stereocenters. The quantitative estimate of drug-likeness (QED) is 0.618. The lowest BCUT2D eigenvalue weighted by Gasteiger charge is -2.06. The van der Waals surface area contributed by atoms with Gasteiger partial charge in [0.25, 0.3) is 0 Å². The first kappa shape index (κ1) is 10.6. The predicted octanol–water partition coefficient (Wildman–Crippen LogP) is 3.68. The van der Waals surface area contributed by atoms with Gasteiger partial charge < -0.3 is 9.47 Å². The highest BCUT2D eigenvalue weighted by Crippen LogP contribution is 2.38. The summed E-state index contributed by atoms with van der Waals surface area (Å²) < 4.78 is 10.9. The van der Waals surface area contributed by atoms with E-state index in [1.807, 2.05) is 12.3 Å². The molecule has 19 heavy (non-hydrogen) atoms. The van der Waals surface area contributed by atoms with E-state index in [9.17, 15) is 0 Å². The van der Waals surface area contributed by atoms with Crippen LogP contribution in [0.2, 0.25) is 0 Å². The molecule has 1 aliphatic rings. The number of benzene rings is 2. The molecule has 0 fully saturated rings. The third kappa shape index (κ3) is 1.55. The van der Waals surface area contributed by atoms with Crippen molar-refractivity contribution in [3.05, 3.63) is 42.1 Å². The number of hydrogen-bond acceptors (Lipinski definition) is 3. The van der Waals surface area contributed by atoms with Crippen molar-refractivity contribution in [3.63, 3.8) is 0 Å². The summed E-state index contributed by atoms with van der Waals surface area (Å²) in [5, 5.41) is 3.43. The Morgan fingerprint density at radius 1 is 1.05 bits per heavy atom. The van der Waals surface area contributed by atoms with E-state index in [0.717, 1.165) is 28.8 Å². The van der Waals surface area contributed by atoms with Crippen molar-refractivity contribution < 1.29 is 9.47 Å². The van der Waals surface area contributed by atoms with Crippen LogP contribution in [0.5, 0.6) is 11.5 Å². The lowest BCUT2D eigenvalue weighted by Crippen LogP contribution is -1.92. The number of aromatic nitrogens is 1. The predicted molar refractivity (Wildman–Crippen MR) is 74.8 cm³/mol. The Morgan fingerprint density at radius 3 is 2.74 bits per heavy atom. The second kappa shape index (κ2) is 3.85. The molecule has 4 rings (SSSR count). The lowest BCUT2D eigenvalue weighted by molar-refractivity contribution is 0.174. The van der Waals surface area contributed by atoms with Crippen molar-refractivity contribution in [2.45, 2.75) is 13.3 Å². The van der Waals surface area contributed by atoms with Gasteiger partial charge >= 0.3 is 0 Å². The van der Waals surface area contributed by atoms with Gasteiger partial charge in [0.2, 0.25) is 6.79 Å². The van der Waals surface area contributed by atoms with E-state index in [4.69, 9.17) is 9.47 Å². The van der Waals surface area contributed by atoms with E-state index in [1.54, 1.807) is 0 Å². The standard InChI is InChI=1S/C16H13NO2/c1-2-10-3-4-14-13(5-10)12-7-16-15(18-9-19-16)6-11(12)8-17-14/h3-8H,2,9H2,1H3. The van der Waals surface area contributed by atoms with Gasteiger partial charge in [-0.1, -0.05) is 13.0 Å². The summed E-state index contributed by atoms with van der Waals surface area (Å²) in [4.78, 5) is 4.51. The zero-order valence-corrected chi connectivity index (χ0v) is 10.6. The molecule has 0 radical (unpaired) electrons. The Bertz CT molecular complexity index is 795. The van der Waals surface area contributed by atoms with Crippen molar-refractivity contribution in [1.82, 2.24) is 4.98 Å². The Balaban J connectivity index is 2.11. The van der Waals surface area contributed by atoms with Crippen LogP contribution in [0.1, 0.15) is 12.5 Å². The zero-order chi connectivity index (χ0) is 12.8. The van der Waals surface area contributed by atoms with Gasteiger partial charge in [0.05, 0.1) is 5.52 Å². The molecule has 2 aromatic carbocycles. The maximum absolute atomic E-state index is 5.47. The summed E-state index contributed by atoms with van der Waals surface area (Å²) in [6.45, 7) is 2.46. The normalized spacial score (nSPS) is 13.3. The molecule has 3 heteroatoms. The molecule has 0 amide bonds. The zero-order valence-electron chi connectivity index (χ0n) is 10.6. The van der Waals surface area contributed by atoms with Gasteiger partial charge in [-0.3, -0.25) is 4.98 Å². The van der Waals surface area contributed by atoms with Gasteiger partial charge in [0.15, 0.2) is 11.5 Å². The van der Waals surface area contributed by atoms with Crippen LogP contribution in [-0.2, 0) is 6.42 Å². The van der Waals surface area contributed by atoms with Crippen LogP contribution in [-0.4, -0.2) is 11.8 Å². The number of aryl methyl sites for hydroxylation is 1. The largest absolute Gasteiger partial charge is 0.454 e. The average molecular weight is 251 g/mol. The molecule has 2 heterocycles. The van der Waals surface area contributed by atoms with Gasteiger partial charge in [-0.2, -0.15) is 0 Å². The minimum Gasteiger partial charge on any atom is -0.454 e. The average Bonchev–Trinajstić information content (AvgIpc) is 2.91. The first-order valence-electron chi connectivity index (χ1n) is 6.46. The topological polar surface area (TPSA) is 31.4 Å².